The summed E-state index contributed by atoms with van der Waals surface area (Å²) in [5, 5.41) is 0.873. The van der Waals surface area contributed by atoms with Crippen LogP contribution in [0.2, 0.25) is 0 Å². The van der Waals surface area contributed by atoms with E-state index in [0.29, 0.717) is 18.4 Å². The molecule has 1 heterocycles. The van der Waals surface area contributed by atoms with E-state index in [-0.39, 0.29) is 24.0 Å². The van der Waals surface area contributed by atoms with Crippen LogP contribution in [0.25, 0.3) is 11.0 Å². The van der Waals surface area contributed by atoms with Crippen LogP contribution >= 0.6 is 0 Å². The summed E-state index contributed by atoms with van der Waals surface area (Å²) in [4.78, 5) is 37.7. The van der Waals surface area contributed by atoms with Gasteiger partial charge in [-0.15, -0.1) is 0 Å². The number of fused-ring (bicyclic) bond motifs is 1. The molecule has 6 nitrogen and oxygen atoms in total. The highest BCUT2D eigenvalue weighted by molar-refractivity contribution is 5.81. The number of para-hydroxylation sites is 1. The molecule has 0 amide bonds. The van der Waals surface area contributed by atoms with E-state index in [1.54, 1.807) is 47.6 Å². The average Bonchev–Trinajstić information content (AvgIpc) is 2.65. The van der Waals surface area contributed by atoms with Crippen LogP contribution in [0.3, 0.4) is 0 Å². The first-order valence-corrected chi connectivity index (χ1v) is 11.5. The molecule has 0 spiro atoms. The Labute approximate surface area is 196 Å². The van der Waals surface area contributed by atoms with Crippen molar-refractivity contribution >= 4 is 22.9 Å². The van der Waals surface area contributed by atoms with Gasteiger partial charge in [0.25, 0.3) is 0 Å². The number of benzene rings is 1. The average molecular weight is 459 g/mol. The molecule has 0 aliphatic rings. The van der Waals surface area contributed by atoms with Crippen molar-refractivity contribution in [2.24, 2.45) is 10.8 Å². The molecule has 0 aliphatic heterocycles. The molecule has 0 saturated heterocycles. The summed E-state index contributed by atoms with van der Waals surface area (Å²) < 4.78 is 16.6. The van der Waals surface area contributed by atoms with Gasteiger partial charge in [-0.05, 0) is 85.8 Å². The third-order valence-electron chi connectivity index (χ3n) is 5.71. The summed E-state index contributed by atoms with van der Waals surface area (Å²) in [7, 11) is 0. The monoisotopic (exact) mass is 458 g/mol. The van der Waals surface area contributed by atoms with Gasteiger partial charge in [0.05, 0.1) is 16.9 Å². The van der Waals surface area contributed by atoms with E-state index in [4.69, 9.17) is 13.9 Å². The van der Waals surface area contributed by atoms with Crippen LogP contribution < -0.4 is 5.63 Å². The molecule has 0 saturated carbocycles. The lowest BCUT2D eigenvalue weighted by atomic mass is 9.75. The zero-order chi connectivity index (χ0) is 25.2. The van der Waals surface area contributed by atoms with Gasteiger partial charge in [0.1, 0.15) is 11.2 Å². The minimum Gasteiger partial charge on any atom is -0.463 e. The van der Waals surface area contributed by atoms with Crippen molar-refractivity contribution in [3.8, 4) is 0 Å². The normalized spacial score (nSPS) is 13.8. The van der Waals surface area contributed by atoms with Crippen LogP contribution in [-0.4, -0.2) is 23.6 Å². The largest absolute Gasteiger partial charge is 0.463 e. The third kappa shape index (κ3) is 6.92. The minimum absolute atomic E-state index is 0.0534. The molecule has 0 bridgehead atoms. The Kier molecular flexibility index (Phi) is 7.82. The SMILES string of the molecule is CC(C)OC(=O)C(C)(C)CC(C)(C)C(=O)OC(C)(C)CC(C)c1cc(=O)oc2ccccc12. The predicted octanol–water partition coefficient (Wildman–Crippen LogP) is 6.00. The Hall–Kier alpha value is -2.63. The number of hydrogen-bond acceptors (Lipinski definition) is 6. The van der Waals surface area contributed by atoms with Gasteiger partial charge in [0, 0.05) is 11.5 Å². The second kappa shape index (κ2) is 9.70. The molecule has 0 aliphatic carbocycles. The highest BCUT2D eigenvalue weighted by Gasteiger charge is 2.43. The van der Waals surface area contributed by atoms with Crippen molar-refractivity contribution in [2.75, 3.05) is 0 Å². The maximum atomic E-state index is 13.1. The molecule has 0 fully saturated rings. The van der Waals surface area contributed by atoms with Crippen LogP contribution in [0.15, 0.2) is 39.5 Å². The smallest absolute Gasteiger partial charge is 0.336 e. The standard InChI is InChI=1S/C27H38O6/c1-17(2)31-23(29)25(4,5)16-26(6,7)24(30)33-27(8,9)15-18(3)20-14-22(28)32-21-13-11-10-12-19(20)21/h10-14,17-18H,15-16H2,1-9H3. The lowest BCUT2D eigenvalue weighted by Gasteiger charge is -2.36. The number of carbonyl (C=O) groups is 2. The van der Waals surface area contributed by atoms with Crippen molar-refractivity contribution in [3.63, 3.8) is 0 Å². The van der Waals surface area contributed by atoms with E-state index in [0.717, 1.165) is 10.9 Å². The molecule has 1 unspecified atom stereocenters. The highest BCUT2D eigenvalue weighted by Crippen LogP contribution is 2.38. The van der Waals surface area contributed by atoms with E-state index >= 15 is 0 Å². The summed E-state index contributed by atoms with van der Waals surface area (Å²) in [6.07, 6.45) is 0.588. The fourth-order valence-corrected chi connectivity index (χ4v) is 4.45. The maximum Gasteiger partial charge on any atom is 0.336 e. The highest BCUT2D eigenvalue weighted by atomic mass is 16.6. The number of rotatable bonds is 9. The Morgan fingerprint density at radius 1 is 0.939 bits per heavy atom. The molecule has 2 rings (SSSR count). The zero-order valence-corrected chi connectivity index (χ0v) is 21.4. The molecule has 1 aromatic heterocycles. The molecule has 2 aromatic rings. The van der Waals surface area contributed by atoms with Crippen molar-refractivity contribution in [3.05, 3.63) is 46.3 Å². The Bertz CT molecular complexity index is 1060. The van der Waals surface area contributed by atoms with Gasteiger partial charge in [0.2, 0.25) is 0 Å². The fraction of sp³-hybridized carbons (Fsp3) is 0.593. The van der Waals surface area contributed by atoms with E-state index in [1.165, 1.54) is 6.07 Å². The van der Waals surface area contributed by atoms with E-state index in [1.807, 2.05) is 39.0 Å². The van der Waals surface area contributed by atoms with E-state index < -0.39 is 22.1 Å². The first-order chi connectivity index (χ1) is 15.0. The van der Waals surface area contributed by atoms with Gasteiger partial charge in [-0.2, -0.15) is 0 Å². The quantitative estimate of drug-likeness (QED) is 0.338. The van der Waals surface area contributed by atoms with Crippen molar-refractivity contribution in [2.45, 2.75) is 92.8 Å². The Morgan fingerprint density at radius 2 is 1.52 bits per heavy atom. The van der Waals surface area contributed by atoms with E-state index in [9.17, 15) is 14.4 Å². The lowest BCUT2D eigenvalue weighted by Crippen LogP contribution is -2.41. The van der Waals surface area contributed by atoms with Gasteiger partial charge in [-0.25, -0.2) is 4.79 Å². The lowest BCUT2D eigenvalue weighted by molar-refractivity contribution is -0.172. The molecule has 182 valence electrons. The van der Waals surface area contributed by atoms with Gasteiger partial charge >= 0.3 is 17.6 Å². The van der Waals surface area contributed by atoms with Crippen molar-refractivity contribution in [1.29, 1.82) is 0 Å². The first kappa shape index (κ1) is 26.6. The molecule has 0 radical (unpaired) electrons. The zero-order valence-electron chi connectivity index (χ0n) is 21.4. The summed E-state index contributed by atoms with van der Waals surface area (Å²) in [5.41, 5.74) is -1.50. The van der Waals surface area contributed by atoms with Gasteiger partial charge in [-0.1, -0.05) is 25.1 Å². The summed E-state index contributed by atoms with van der Waals surface area (Å²) >= 11 is 0. The molecule has 6 heteroatoms. The second-order valence-corrected chi connectivity index (χ2v) is 11.2. The summed E-state index contributed by atoms with van der Waals surface area (Å²) in [5.74, 6) is -0.758. The predicted molar refractivity (Wildman–Crippen MR) is 129 cm³/mol. The first-order valence-electron chi connectivity index (χ1n) is 11.5. The minimum atomic E-state index is -0.888. The van der Waals surface area contributed by atoms with Gasteiger partial charge in [-0.3, -0.25) is 9.59 Å². The van der Waals surface area contributed by atoms with Crippen LogP contribution in [0, 0.1) is 10.8 Å². The number of hydrogen-bond donors (Lipinski definition) is 0. The van der Waals surface area contributed by atoms with E-state index in [2.05, 4.69) is 0 Å². The fourth-order valence-electron chi connectivity index (χ4n) is 4.45. The maximum absolute atomic E-state index is 13.1. The van der Waals surface area contributed by atoms with Crippen LogP contribution in [-0.2, 0) is 19.1 Å². The number of ether oxygens (including phenoxy) is 2. The third-order valence-corrected chi connectivity index (χ3v) is 5.71. The Balaban J connectivity index is 2.15. The number of carbonyl (C=O) groups excluding carboxylic acids is 2. The van der Waals surface area contributed by atoms with Crippen molar-refractivity contribution in [1.82, 2.24) is 0 Å². The summed E-state index contributed by atoms with van der Waals surface area (Å²) in [6, 6.07) is 8.93. The Morgan fingerprint density at radius 3 is 2.12 bits per heavy atom. The second-order valence-electron chi connectivity index (χ2n) is 11.2. The van der Waals surface area contributed by atoms with Crippen LogP contribution in [0.4, 0.5) is 0 Å². The van der Waals surface area contributed by atoms with Crippen molar-refractivity contribution < 1.29 is 23.5 Å². The van der Waals surface area contributed by atoms with Crippen LogP contribution in [0.1, 0.15) is 86.6 Å². The van der Waals surface area contributed by atoms with Crippen LogP contribution in [0.5, 0.6) is 0 Å². The molecule has 1 atom stereocenters. The molecule has 0 N–H and O–H groups in total. The molecular weight excluding hydrogens is 420 g/mol. The molecule has 33 heavy (non-hydrogen) atoms. The molecular formula is C27H38O6. The number of esters is 2. The summed E-state index contributed by atoms with van der Waals surface area (Å²) in [6.45, 7) is 16.5. The molecule has 1 aromatic carbocycles. The van der Waals surface area contributed by atoms with Gasteiger partial charge < -0.3 is 13.9 Å². The van der Waals surface area contributed by atoms with Gasteiger partial charge in [0.15, 0.2) is 0 Å². The topological polar surface area (TPSA) is 82.8 Å².